The van der Waals surface area contributed by atoms with Crippen molar-refractivity contribution in [2.75, 3.05) is 17.4 Å². The number of nitrogens with one attached hydrogen (secondary N) is 1. The smallest absolute Gasteiger partial charge is 0.264 e. The van der Waals surface area contributed by atoms with E-state index in [0.717, 1.165) is 9.87 Å². The number of sulfonamides is 1. The first kappa shape index (κ1) is 35.5. The number of benzene rings is 5. The second-order valence-electron chi connectivity index (χ2n) is 11.1. The lowest BCUT2D eigenvalue weighted by Gasteiger charge is -2.34. The molecule has 49 heavy (non-hydrogen) atoms. The molecule has 0 saturated carbocycles. The quantitative estimate of drug-likeness (QED) is 0.127. The molecule has 8 nitrogen and oxygen atoms in total. The number of carbonyl (C=O) groups is 2. The third-order valence-corrected chi connectivity index (χ3v) is 10.2. The highest BCUT2D eigenvalue weighted by Crippen LogP contribution is 2.30. The summed E-state index contributed by atoms with van der Waals surface area (Å²) < 4.78 is 35.4. The maximum absolute atomic E-state index is 14.6. The molecular weight excluding hydrogens is 681 g/mol. The third-order valence-electron chi connectivity index (χ3n) is 7.73. The Balaban J connectivity index is 1.56. The molecule has 11 heteroatoms. The van der Waals surface area contributed by atoms with Crippen LogP contribution in [0.1, 0.15) is 18.1 Å². The Labute approximate surface area is 296 Å². The van der Waals surface area contributed by atoms with E-state index in [1.807, 2.05) is 48.5 Å². The first-order chi connectivity index (χ1) is 23.7. The van der Waals surface area contributed by atoms with Crippen LogP contribution in [0.4, 0.5) is 5.69 Å². The number of hydrogen-bond acceptors (Lipinski definition) is 5. The summed E-state index contributed by atoms with van der Waals surface area (Å²) in [5.74, 6) is 0.0606. The minimum atomic E-state index is -4.27. The summed E-state index contributed by atoms with van der Waals surface area (Å²) in [6, 6.07) is 36.7. The van der Waals surface area contributed by atoms with Crippen molar-refractivity contribution in [2.24, 2.45) is 0 Å². The van der Waals surface area contributed by atoms with Gasteiger partial charge in [-0.2, -0.15) is 0 Å². The van der Waals surface area contributed by atoms with Crippen LogP contribution < -0.4 is 14.4 Å². The van der Waals surface area contributed by atoms with Crippen molar-refractivity contribution in [1.82, 2.24) is 10.2 Å². The lowest BCUT2D eigenvalue weighted by molar-refractivity contribution is -0.140. The minimum Gasteiger partial charge on any atom is -0.457 e. The number of carbonyl (C=O) groups excluding carboxylic acids is 2. The van der Waals surface area contributed by atoms with Crippen molar-refractivity contribution >= 4 is 50.7 Å². The average molecular weight is 717 g/mol. The third kappa shape index (κ3) is 9.00. The number of rotatable bonds is 14. The molecule has 0 aromatic heterocycles. The fourth-order valence-electron chi connectivity index (χ4n) is 5.25. The number of amides is 2. The van der Waals surface area contributed by atoms with E-state index in [2.05, 4.69) is 5.32 Å². The summed E-state index contributed by atoms with van der Waals surface area (Å²) in [6.45, 7) is 1.34. The number of anilines is 1. The first-order valence-corrected chi connectivity index (χ1v) is 17.8. The highest BCUT2D eigenvalue weighted by molar-refractivity contribution is 7.92. The van der Waals surface area contributed by atoms with Gasteiger partial charge in [0.15, 0.2) is 0 Å². The highest BCUT2D eigenvalue weighted by atomic mass is 35.5. The molecule has 0 aliphatic carbocycles. The Morgan fingerprint density at radius 3 is 1.88 bits per heavy atom. The maximum Gasteiger partial charge on any atom is 0.264 e. The second kappa shape index (κ2) is 16.5. The molecule has 0 aliphatic heterocycles. The Morgan fingerprint density at radius 2 is 1.29 bits per heavy atom. The standard InChI is InChI=1S/C38H35Cl2N3O5S/c1-2-41-38(45)36(25-28-13-6-3-7-14-28)42(26-33-34(39)19-12-20-35(33)40)37(44)27-43(49(46,47)32-17-10-5-11-18-32)29-21-23-31(24-22-29)48-30-15-8-4-9-16-30/h3-24,36H,2,25-27H2,1H3,(H,41,45)/t36-/m1/s1. The Morgan fingerprint density at radius 1 is 0.735 bits per heavy atom. The van der Waals surface area contributed by atoms with Crippen LogP contribution in [-0.4, -0.2) is 44.3 Å². The largest absolute Gasteiger partial charge is 0.457 e. The highest BCUT2D eigenvalue weighted by Gasteiger charge is 2.35. The zero-order valence-electron chi connectivity index (χ0n) is 26.7. The van der Waals surface area contributed by atoms with Gasteiger partial charge in [0.05, 0.1) is 10.6 Å². The zero-order chi connectivity index (χ0) is 34.8. The summed E-state index contributed by atoms with van der Waals surface area (Å²) in [5, 5.41) is 3.45. The normalized spacial score (nSPS) is 11.7. The predicted octanol–water partition coefficient (Wildman–Crippen LogP) is 7.76. The van der Waals surface area contributed by atoms with Gasteiger partial charge < -0.3 is 15.0 Å². The first-order valence-electron chi connectivity index (χ1n) is 15.6. The molecule has 5 rings (SSSR count). The number of hydrogen-bond donors (Lipinski definition) is 1. The second-order valence-corrected chi connectivity index (χ2v) is 13.7. The van der Waals surface area contributed by atoms with Crippen LogP contribution in [0.15, 0.2) is 138 Å². The van der Waals surface area contributed by atoms with Crippen LogP contribution in [0.25, 0.3) is 0 Å². The van der Waals surface area contributed by atoms with E-state index in [9.17, 15) is 18.0 Å². The fourth-order valence-corrected chi connectivity index (χ4v) is 7.21. The van der Waals surface area contributed by atoms with Gasteiger partial charge >= 0.3 is 0 Å². The maximum atomic E-state index is 14.6. The van der Waals surface area contributed by atoms with Gasteiger partial charge in [-0.05, 0) is 73.2 Å². The van der Waals surface area contributed by atoms with Gasteiger partial charge in [0.2, 0.25) is 11.8 Å². The summed E-state index contributed by atoms with van der Waals surface area (Å²) >= 11 is 13.1. The molecule has 5 aromatic rings. The number of halogens is 2. The number of nitrogens with zero attached hydrogens (tertiary/aromatic N) is 2. The van der Waals surface area contributed by atoms with Crippen LogP contribution in [0, 0.1) is 0 Å². The molecule has 0 saturated heterocycles. The van der Waals surface area contributed by atoms with Gasteiger partial charge in [-0.3, -0.25) is 13.9 Å². The van der Waals surface area contributed by atoms with Gasteiger partial charge in [0, 0.05) is 35.1 Å². The predicted molar refractivity (Wildman–Crippen MR) is 194 cm³/mol. The lowest BCUT2D eigenvalue weighted by Crippen LogP contribution is -2.53. The molecule has 0 aliphatic rings. The number of para-hydroxylation sites is 1. The van der Waals surface area contributed by atoms with E-state index >= 15 is 0 Å². The number of ether oxygens (including phenoxy) is 1. The van der Waals surface area contributed by atoms with E-state index in [-0.39, 0.29) is 23.5 Å². The summed E-state index contributed by atoms with van der Waals surface area (Å²) in [7, 11) is -4.27. The van der Waals surface area contributed by atoms with Crippen LogP contribution in [0.5, 0.6) is 11.5 Å². The Bertz CT molecular complexity index is 1940. The van der Waals surface area contributed by atoms with Crippen LogP contribution >= 0.6 is 23.2 Å². The van der Waals surface area contributed by atoms with E-state index in [4.69, 9.17) is 27.9 Å². The fraction of sp³-hybridized carbons (Fsp3) is 0.158. The van der Waals surface area contributed by atoms with Crippen molar-refractivity contribution < 1.29 is 22.7 Å². The van der Waals surface area contributed by atoms with Gasteiger partial charge in [-0.1, -0.05) is 96.0 Å². The minimum absolute atomic E-state index is 0.00216. The van der Waals surface area contributed by atoms with Crippen molar-refractivity contribution in [3.05, 3.63) is 155 Å². The van der Waals surface area contributed by atoms with Crippen LogP contribution in [0.3, 0.4) is 0 Å². The molecule has 5 aromatic carbocycles. The van der Waals surface area contributed by atoms with E-state index in [1.165, 1.54) is 17.0 Å². The topological polar surface area (TPSA) is 96.0 Å². The average Bonchev–Trinajstić information content (AvgIpc) is 3.11. The molecule has 0 radical (unpaired) electrons. The molecule has 0 bridgehead atoms. The Hall–Kier alpha value is -4.83. The van der Waals surface area contributed by atoms with Gasteiger partial charge in [-0.15, -0.1) is 0 Å². The van der Waals surface area contributed by atoms with Crippen molar-refractivity contribution in [3.63, 3.8) is 0 Å². The molecular formula is C38H35Cl2N3O5S. The molecule has 0 spiro atoms. The summed E-state index contributed by atoms with van der Waals surface area (Å²) in [4.78, 5) is 29.7. The summed E-state index contributed by atoms with van der Waals surface area (Å²) in [5.41, 5.74) is 1.47. The van der Waals surface area contributed by atoms with Gasteiger partial charge in [-0.25, -0.2) is 8.42 Å². The van der Waals surface area contributed by atoms with Crippen molar-refractivity contribution in [3.8, 4) is 11.5 Å². The van der Waals surface area contributed by atoms with E-state index in [1.54, 1.807) is 79.7 Å². The summed E-state index contributed by atoms with van der Waals surface area (Å²) in [6.07, 6.45) is 0.164. The van der Waals surface area contributed by atoms with Crippen molar-refractivity contribution in [1.29, 1.82) is 0 Å². The Kier molecular flexibility index (Phi) is 12.0. The SMILES string of the molecule is CCNC(=O)[C@@H](Cc1ccccc1)N(Cc1c(Cl)cccc1Cl)C(=O)CN(c1ccc(Oc2ccccc2)cc1)S(=O)(=O)c1ccccc1. The molecule has 1 N–H and O–H groups in total. The van der Waals surface area contributed by atoms with Gasteiger partial charge in [0.25, 0.3) is 10.0 Å². The van der Waals surface area contributed by atoms with Crippen molar-refractivity contribution in [2.45, 2.75) is 30.8 Å². The van der Waals surface area contributed by atoms with E-state index in [0.29, 0.717) is 33.7 Å². The van der Waals surface area contributed by atoms with Crippen LogP contribution in [0.2, 0.25) is 10.0 Å². The van der Waals surface area contributed by atoms with Gasteiger partial charge in [0.1, 0.15) is 24.1 Å². The monoisotopic (exact) mass is 715 g/mol. The molecule has 1 atom stereocenters. The molecule has 2 amide bonds. The molecule has 0 unspecified atom stereocenters. The van der Waals surface area contributed by atoms with E-state index < -0.39 is 34.4 Å². The lowest BCUT2D eigenvalue weighted by atomic mass is 10.0. The van der Waals surface area contributed by atoms with Crippen LogP contribution in [-0.2, 0) is 32.6 Å². The molecule has 0 fully saturated rings. The molecule has 252 valence electrons. The molecule has 0 heterocycles. The zero-order valence-corrected chi connectivity index (χ0v) is 29.0. The number of likely N-dealkylation sites (N-methyl/N-ethyl adjacent to an activating group) is 1.